The molecular formula is C43H28N2O2. The molecule has 2 aromatic heterocycles. The number of hydrogen-bond acceptors (Lipinski definition) is 4. The Morgan fingerprint density at radius 3 is 1.53 bits per heavy atom. The van der Waals surface area contributed by atoms with Crippen LogP contribution in [-0.2, 0) is 10.4 Å². The molecule has 222 valence electrons. The second-order valence-electron chi connectivity index (χ2n) is 11.2. The molecule has 4 nitrogen and oxygen atoms in total. The van der Waals surface area contributed by atoms with Gasteiger partial charge in [-0.05, 0) is 83.9 Å². The molecule has 47 heavy (non-hydrogen) atoms. The van der Waals surface area contributed by atoms with E-state index in [0.717, 1.165) is 22.3 Å². The quantitative estimate of drug-likeness (QED) is 0.213. The molecule has 0 radical (unpaired) electrons. The van der Waals surface area contributed by atoms with Crippen molar-refractivity contribution >= 4 is 16.9 Å². The number of allylic oxidation sites excluding steroid dienone is 1. The van der Waals surface area contributed by atoms with E-state index in [-0.39, 0.29) is 5.78 Å². The molecule has 0 amide bonds. The van der Waals surface area contributed by atoms with Crippen LogP contribution in [0.2, 0.25) is 0 Å². The molecule has 6 aromatic rings. The van der Waals surface area contributed by atoms with Gasteiger partial charge in [0.2, 0.25) is 0 Å². The molecule has 0 spiro atoms. The summed E-state index contributed by atoms with van der Waals surface area (Å²) in [5.74, 6) is 11.5. The van der Waals surface area contributed by atoms with Gasteiger partial charge in [0, 0.05) is 40.2 Å². The zero-order chi connectivity index (χ0) is 32.1. The van der Waals surface area contributed by atoms with Gasteiger partial charge >= 0.3 is 0 Å². The fourth-order valence-corrected chi connectivity index (χ4v) is 5.99. The first-order chi connectivity index (χ1) is 23.1. The van der Waals surface area contributed by atoms with E-state index < -0.39 is 11.5 Å². The number of benzene rings is 4. The molecule has 1 aliphatic carbocycles. The highest BCUT2D eigenvalue weighted by molar-refractivity contribution is 6.35. The average Bonchev–Trinajstić information content (AvgIpc) is 3.38. The molecule has 2 atom stereocenters. The topological polar surface area (TPSA) is 63.1 Å². The van der Waals surface area contributed by atoms with Crippen LogP contribution in [0.3, 0.4) is 0 Å². The number of aliphatic hydroxyl groups is 1. The van der Waals surface area contributed by atoms with Gasteiger partial charge in [0.05, 0.1) is 17.0 Å². The van der Waals surface area contributed by atoms with E-state index in [9.17, 15) is 9.90 Å². The Bertz CT molecular complexity index is 2190. The minimum absolute atomic E-state index is 0.249. The lowest BCUT2D eigenvalue weighted by atomic mass is 9.75. The molecule has 1 aliphatic rings. The summed E-state index contributed by atoms with van der Waals surface area (Å²) in [6.07, 6.45) is 3.30. The van der Waals surface area contributed by atoms with Crippen molar-refractivity contribution in [3.63, 3.8) is 0 Å². The number of rotatable bonds is 4. The van der Waals surface area contributed by atoms with Crippen molar-refractivity contribution in [3.05, 3.63) is 203 Å². The fraction of sp³-hybridized carbons (Fsp3) is 0.0465. The summed E-state index contributed by atoms with van der Waals surface area (Å²) in [5, 5.41) is 13.1. The summed E-state index contributed by atoms with van der Waals surface area (Å²) in [6, 6.07) is 45.5. The molecule has 4 aromatic carbocycles. The van der Waals surface area contributed by atoms with Crippen molar-refractivity contribution in [2.24, 2.45) is 0 Å². The number of pyridine rings is 2. The van der Waals surface area contributed by atoms with Crippen molar-refractivity contribution in [2.75, 3.05) is 0 Å². The SMILES string of the molecule is O=C1C(c2ccccn2)=C(c2ccc(C#Cc3ccccc3)cc2)C(O)(c2ccc(C#Cc3ccccc3)cc2)C1c1ccccn1. The minimum Gasteiger partial charge on any atom is -0.379 e. The Kier molecular flexibility index (Phi) is 8.10. The largest absolute Gasteiger partial charge is 0.379 e. The van der Waals surface area contributed by atoms with Crippen LogP contribution in [0.5, 0.6) is 0 Å². The van der Waals surface area contributed by atoms with Crippen LogP contribution in [0, 0.1) is 23.7 Å². The summed E-state index contributed by atoms with van der Waals surface area (Å²) in [5.41, 5.74) is 4.72. The van der Waals surface area contributed by atoms with E-state index >= 15 is 0 Å². The summed E-state index contributed by atoms with van der Waals surface area (Å²) >= 11 is 0. The zero-order valence-electron chi connectivity index (χ0n) is 25.3. The van der Waals surface area contributed by atoms with E-state index in [1.165, 1.54) is 0 Å². The van der Waals surface area contributed by atoms with Gasteiger partial charge in [-0.25, -0.2) is 0 Å². The molecule has 0 saturated heterocycles. The lowest BCUT2D eigenvalue weighted by Crippen LogP contribution is -2.34. The third-order valence-electron chi connectivity index (χ3n) is 8.21. The predicted octanol–water partition coefficient (Wildman–Crippen LogP) is 7.44. The highest BCUT2D eigenvalue weighted by atomic mass is 16.3. The van der Waals surface area contributed by atoms with Crippen LogP contribution >= 0.6 is 0 Å². The smallest absolute Gasteiger partial charge is 0.178 e. The second-order valence-corrected chi connectivity index (χ2v) is 11.2. The van der Waals surface area contributed by atoms with Crippen molar-refractivity contribution in [1.29, 1.82) is 0 Å². The lowest BCUT2D eigenvalue weighted by molar-refractivity contribution is -0.118. The second kappa shape index (κ2) is 13.0. The number of ketones is 1. The number of Topliss-reactive ketones (excluding diaryl/α,β-unsaturated/α-hetero) is 1. The van der Waals surface area contributed by atoms with Crippen molar-refractivity contribution in [3.8, 4) is 23.7 Å². The maximum atomic E-state index is 14.6. The Labute approximate surface area is 274 Å². The van der Waals surface area contributed by atoms with Crippen molar-refractivity contribution in [2.45, 2.75) is 11.5 Å². The number of hydrogen-bond donors (Lipinski definition) is 1. The fourth-order valence-electron chi connectivity index (χ4n) is 5.99. The Hall–Kier alpha value is -6.33. The van der Waals surface area contributed by atoms with Crippen LogP contribution < -0.4 is 0 Å². The molecule has 0 bridgehead atoms. The number of carbonyl (C=O) groups excluding carboxylic acids is 1. The number of nitrogens with zero attached hydrogens (tertiary/aromatic N) is 2. The molecule has 2 unspecified atom stereocenters. The van der Waals surface area contributed by atoms with E-state index in [2.05, 4.69) is 33.6 Å². The Morgan fingerprint density at radius 1 is 0.532 bits per heavy atom. The van der Waals surface area contributed by atoms with E-state index in [0.29, 0.717) is 33.7 Å². The third kappa shape index (κ3) is 5.90. The van der Waals surface area contributed by atoms with E-state index in [1.807, 2.05) is 121 Å². The minimum atomic E-state index is -1.76. The molecular weight excluding hydrogens is 576 g/mol. The summed E-state index contributed by atoms with van der Waals surface area (Å²) < 4.78 is 0. The van der Waals surface area contributed by atoms with Gasteiger partial charge in [-0.3, -0.25) is 14.8 Å². The predicted molar refractivity (Wildman–Crippen MR) is 185 cm³/mol. The summed E-state index contributed by atoms with van der Waals surface area (Å²) in [7, 11) is 0. The number of carbonyl (C=O) groups is 1. The van der Waals surface area contributed by atoms with Crippen LogP contribution in [0.15, 0.2) is 158 Å². The van der Waals surface area contributed by atoms with Gasteiger partial charge in [-0.2, -0.15) is 0 Å². The Balaban J connectivity index is 1.38. The third-order valence-corrected chi connectivity index (χ3v) is 8.21. The maximum Gasteiger partial charge on any atom is 0.178 e. The van der Waals surface area contributed by atoms with Crippen LogP contribution in [0.4, 0.5) is 0 Å². The molecule has 1 N–H and O–H groups in total. The summed E-state index contributed by atoms with van der Waals surface area (Å²) in [6.45, 7) is 0. The average molecular weight is 605 g/mol. The van der Waals surface area contributed by atoms with Gasteiger partial charge < -0.3 is 5.11 Å². The van der Waals surface area contributed by atoms with Crippen LogP contribution in [-0.4, -0.2) is 20.9 Å². The maximum absolute atomic E-state index is 14.6. The van der Waals surface area contributed by atoms with Gasteiger partial charge in [0.25, 0.3) is 0 Å². The molecule has 4 heteroatoms. The highest BCUT2D eigenvalue weighted by Gasteiger charge is 2.56. The first-order valence-corrected chi connectivity index (χ1v) is 15.3. The zero-order valence-corrected chi connectivity index (χ0v) is 25.3. The first-order valence-electron chi connectivity index (χ1n) is 15.3. The molecule has 0 fully saturated rings. The van der Waals surface area contributed by atoms with Crippen LogP contribution in [0.1, 0.15) is 50.7 Å². The van der Waals surface area contributed by atoms with Gasteiger partial charge in [0.15, 0.2) is 5.78 Å². The lowest BCUT2D eigenvalue weighted by Gasteiger charge is -2.33. The van der Waals surface area contributed by atoms with Gasteiger partial charge in [0.1, 0.15) is 11.5 Å². The molecule has 0 saturated carbocycles. The van der Waals surface area contributed by atoms with Gasteiger partial charge in [-0.1, -0.05) is 96.5 Å². The first kappa shape index (κ1) is 29.4. The normalized spacial score (nSPS) is 17.0. The van der Waals surface area contributed by atoms with E-state index in [4.69, 9.17) is 0 Å². The molecule has 7 rings (SSSR count). The Morgan fingerprint density at radius 2 is 1.02 bits per heavy atom. The molecule has 0 aliphatic heterocycles. The van der Waals surface area contributed by atoms with Crippen LogP contribution in [0.25, 0.3) is 11.1 Å². The van der Waals surface area contributed by atoms with E-state index in [1.54, 1.807) is 36.7 Å². The summed E-state index contributed by atoms with van der Waals surface area (Å²) in [4.78, 5) is 23.7. The highest BCUT2D eigenvalue weighted by Crippen LogP contribution is 2.56. The van der Waals surface area contributed by atoms with Crippen molar-refractivity contribution < 1.29 is 9.90 Å². The molecule has 2 heterocycles. The van der Waals surface area contributed by atoms with Crippen molar-refractivity contribution in [1.82, 2.24) is 9.97 Å². The standard InChI is InChI=1S/C43H28N2O2/c46-42-39(37-15-7-9-29-44-37)40(35-25-21-33(22-26-35)19-17-31-11-3-1-4-12-31)43(47,41(42)38-16-8-10-30-45-38)36-27-23-34(24-28-36)20-18-32-13-5-2-6-14-32/h1-16,21-30,41,47H. The monoisotopic (exact) mass is 604 g/mol. The number of aromatic nitrogens is 2. The van der Waals surface area contributed by atoms with Gasteiger partial charge in [-0.15, -0.1) is 0 Å².